The van der Waals surface area contributed by atoms with Gasteiger partial charge in [-0.05, 0) is 27.3 Å². The van der Waals surface area contributed by atoms with E-state index in [4.69, 9.17) is 10.00 Å². The summed E-state index contributed by atoms with van der Waals surface area (Å²) < 4.78 is 5.76. The minimum Gasteiger partial charge on any atom is -0.378 e. The van der Waals surface area contributed by atoms with Gasteiger partial charge in [0.25, 0.3) is 0 Å². The van der Waals surface area contributed by atoms with E-state index in [-0.39, 0.29) is 6.10 Å². The molecule has 106 valence electrons. The maximum absolute atomic E-state index is 9.06. The van der Waals surface area contributed by atoms with Crippen LogP contribution in [0.1, 0.15) is 65.7 Å². The number of nitrogens with one attached hydrogen (secondary N) is 1. The Morgan fingerprint density at radius 3 is 2.39 bits per heavy atom. The van der Waals surface area contributed by atoms with Gasteiger partial charge in [-0.25, -0.2) is 0 Å². The predicted octanol–water partition coefficient (Wildman–Crippen LogP) is 3.64. The third kappa shape index (κ3) is 8.49. The van der Waals surface area contributed by atoms with Gasteiger partial charge in [0, 0.05) is 13.0 Å². The summed E-state index contributed by atoms with van der Waals surface area (Å²) in [5.41, 5.74) is -0.472. The number of nitriles is 1. The molecule has 1 N–H and O–H groups in total. The minimum absolute atomic E-state index is 0.137. The first-order valence-electron chi connectivity index (χ1n) is 7.29. The van der Waals surface area contributed by atoms with Gasteiger partial charge in [-0.3, -0.25) is 0 Å². The number of nitrogens with zero attached hydrogens (tertiary/aromatic N) is 1. The van der Waals surface area contributed by atoms with Gasteiger partial charge in [0.15, 0.2) is 0 Å². The second-order valence-electron chi connectivity index (χ2n) is 5.35. The van der Waals surface area contributed by atoms with E-state index >= 15 is 0 Å². The molecule has 0 amide bonds. The molecule has 0 saturated heterocycles. The molecule has 18 heavy (non-hydrogen) atoms. The molecule has 0 aliphatic carbocycles. The van der Waals surface area contributed by atoms with Gasteiger partial charge in [-0.1, -0.05) is 39.0 Å². The van der Waals surface area contributed by atoms with Gasteiger partial charge in [-0.15, -0.1) is 0 Å². The molecule has 0 aromatic carbocycles. The number of hydrogen-bond acceptors (Lipinski definition) is 3. The third-order valence-electron chi connectivity index (χ3n) is 3.39. The lowest BCUT2D eigenvalue weighted by Crippen LogP contribution is -2.41. The summed E-state index contributed by atoms with van der Waals surface area (Å²) >= 11 is 0. The van der Waals surface area contributed by atoms with Crippen molar-refractivity contribution in [3.05, 3.63) is 0 Å². The van der Waals surface area contributed by atoms with Crippen LogP contribution in [-0.2, 0) is 4.74 Å². The number of unbranched alkanes of at least 4 members (excludes halogenated alkanes) is 5. The van der Waals surface area contributed by atoms with Crippen LogP contribution in [0, 0.1) is 11.3 Å². The topological polar surface area (TPSA) is 45.0 Å². The molecule has 0 spiro atoms. The molecule has 0 radical (unpaired) electrons. The van der Waals surface area contributed by atoms with Crippen LogP contribution in [0.25, 0.3) is 0 Å². The van der Waals surface area contributed by atoms with Crippen LogP contribution in [0.5, 0.6) is 0 Å². The molecule has 2 unspecified atom stereocenters. The van der Waals surface area contributed by atoms with Gasteiger partial charge in [0.2, 0.25) is 0 Å². The van der Waals surface area contributed by atoms with E-state index in [1.807, 2.05) is 20.9 Å². The molecular formula is C15H30N2O. The molecule has 0 aliphatic heterocycles. The van der Waals surface area contributed by atoms with E-state index in [9.17, 15) is 0 Å². The van der Waals surface area contributed by atoms with Gasteiger partial charge >= 0.3 is 0 Å². The van der Waals surface area contributed by atoms with E-state index in [1.54, 1.807) is 0 Å². The fourth-order valence-electron chi connectivity index (χ4n) is 2.00. The number of hydrogen-bond donors (Lipinski definition) is 1. The molecule has 0 rings (SSSR count). The maximum Gasteiger partial charge on any atom is 0.106 e. The van der Waals surface area contributed by atoms with Crippen molar-refractivity contribution in [3.8, 4) is 6.07 Å². The molecular weight excluding hydrogens is 224 g/mol. The Bertz CT molecular complexity index is 237. The van der Waals surface area contributed by atoms with Gasteiger partial charge in [0.05, 0.1) is 12.2 Å². The molecule has 0 bridgehead atoms. The van der Waals surface area contributed by atoms with Crippen molar-refractivity contribution in [2.45, 2.75) is 77.4 Å². The average molecular weight is 254 g/mol. The first kappa shape index (κ1) is 17.4. The molecule has 0 saturated carbocycles. The quantitative estimate of drug-likeness (QED) is 0.572. The molecule has 0 aromatic heterocycles. The van der Waals surface area contributed by atoms with Crippen LogP contribution in [0.15, 0.2) is 0 Å². The van der Waals surface area contributed by atoms with Crippen LogP contribution < -0.4 is 5.32 Å². The lowest BCUT2D eigenvalue weighted by Gasteiger charge is -2.24. The van der Waals surface area contributed by atoms with Crippen molar-refractivity contribution >= 4 is 0 Å². The van der Waals surface area contributed by atoms with Crippen LogP contribution >= 0.6 is 0 Å². The van der Waals surface area contributed by atoms with Crippen molar-refractivity contribution < 1.29 is 4.74 Å². The fraction of sp³-hybridized carbons (Fsp3) is 0.933. The summed E-state index contributed by atoms with van der Waals surface area (Å²) in [7, 11) is 1.82. The Hall–Kier alpha value is -0.590. The highest BCUT2D eigenvalue weighted by atomic mass is 16.5. The number of ether oxygens (including phenoxy) is 1. The lowest BCUT2D eigenvalue weighted by molar-refractivity contribution is 0.0459. The fourth-order valence-corrected chi connectivity index (χ4v) is 2.00. The van der Waals surface area contributed by atoms with E-state index in [0.717, 1.165) is 19.4 Å². The molecule has 2 atom stereocenters. The van der Waals surface area contributed by atoms with Gasteiger partial charge < -0.3 is 10.1 Å². The Balaban J connectivity index is 3.54. The van der Waals surface area contributed by atoms with Crippen LogP contribution in [0.2, 0.25) is 0 Å². The Kier molecular flexibility index (Phi) is 10.0. The second kappa shape index (κ2) is 10.3. The monoisotopic (exact) mass is 254 g/mol. The molecule has 3 heteroatoms. The van der Waals surface area contributed by atoms with Crippen molar-refractivity contribution in [2.75, 3.05) is 13.7 Å². The summed E-state index contributed by atoms with van der Waals surface area (Å²) in [5, 5.41) is 12.1. The summed E-state index contributed by atoms with van der Waals surface area (Å²) in [5.74, 6) is 0. The van der Waals surface area contributed by atoms with E-state index < -0.39 is 5.54 Å². The highest BCUT2D eigenvalue weighted by Crippen LogP contribution is 2.13. The standard InChI is InChI=1S/C15H30N2O/c1-5-6-7-8-9-10-11-18-14(2)12-15(3,13-16)17-4/h14,17H,5-12H2,1-4H3. The molecule has 0 aromatic rings. The molecule has 0 aliphatic rings. The molecule has 3 nitrogen and oxygen atoms in total. The zero-order chi connectivity index (χ0) is 13.9. The van der Waals surface area contributed by atoms with Crippen LogP contribution in [-0.4, -0.2) is 25.3 Å². The highest BCUT2D eigenvalue weighted by Gasteiger charge is 2.24. The average Bonchev–Trinajstić information content (AvgIpc) is 2.37. The zero-order valence-corrected chi connectivity index (χ0v) is 12.6. The summed E-state index contributed by atoms with van der Waals surface area (Å²) in [6, 6.07) is 2.29. The van der Waals surface area contributed by atoms with E-state index in [1.165, 1.54) is 32.1 Å². The lowest BCUT2D eigenvalue weighted by atomic mass is 9.97. The van der Waals surface area contributed by atoms with Crippen molar-refractivity contribution in [1.29, 1.82) is 5.26 Å². The molecule has 0 heterocycles. The normalized spacial score (nSPS) is 15.9. The first-order valence-corrected chi connectivity index (χ1v) is 7.29. The van der Waals surface area contributed by atoms with Gasteiger partial charge in [-0.2, -0.15) is 5.26 Å². The van der Waals surface area contributed by atoms with E-state index in [2.05, 4.69) is 18.3 Å². The summed E-state index contributed by atoms with van der Waals surface area (Å²) in [6.45, 7) is 7.01. The molecule has 0 fully saturated rings. The van der Waals surface area contributed by atoms with E-state index in [0.29, 0.717) is 0 Å². The Morgan fingerprint density at radius 1 is 1.22 bits per heavy atom. The van der Waals surface area contributed by atoms with Crippen LogP contribution in [0.3, 0.4) is 0 Å². The first-order chi connectivity index (χ1) is 8.58. The maximum atomic E-state index is 9.06. The largest absolute Gasteiger partial charge is 0.378 e. The van der Waals surface area contributed by atoms with Crippen LogP contribution in [0.4, 0.5) is 0 Å². The predicted molar refractivity (Wildman–Crippen MR) is 76.5 cm³/mol. The van der Waals surface area contributed by atoms with Gasteiger partial charge in [0.1, 0.15) is 5.54 Å². The smallest absolute Gasteiger partial charge is 0.106 e. The Morgan fingerprint density at radius 2 is 1.83 bits per heavy atom. The second-order valence-corrected chi connectivity index (χ2v) is 5.35. The summed E-state index contributed by atoms with van der Waals surface area (Å²) in [4.78, 5) is 0. The van der Waals surface area contributed by atoms with Crippen molar-refractivity contribution in [3.63, 3.8) is 0 Å². The minimum atomic E-state index is -0.472. The SMILES string of the molecule is CCCCCCCCOC(C)CC(C)(C#N)NC. The number of rotatable bonds is 11. The van der Waals surface area contributed by atoms with Crippen molar-refractivity contribution in [2.24, 2.45) is 0 Å². The highest BCUT2D eigenvalue weighted by molar-refractivity contribution is 5.03. The third-order valence-corrected chi connectivity index (χ3v) is 3.39. The van der Waals surface area contributed by atoms with Crippen molar-refractivity contribution in [1.82, 2.24) is 5.32 Å². The Labute approximate surface area is 113 Å². The zero-order valence-electron chi connectivity index (χ0n) is 12.6. The summed E-state index contributed by atoms with van der Waals surface area (Å²) in [6.07, 6.45) is 8.57.